The molecule has 0 unspecified atom stereocenters. The Morgan fingerprint density at radius 2 is 1.69 bits per heavy atom. The van der Waals surface area contributed by atoms with E-state index >= 15 is 0 Å². The first-order chi connectivity index (χ1) is 12.5. The molecule has 3 rings (SSSR count). The zero-order chi connectivity index (χ0) is 18.5. The molecule has 0 saturated heterocycles. The second kappa shape index (κ2) is 7.51. The summed E-state index contributed by atoms with van der Waals surface area (Å²) in [6.45, 7) is 0.862. The van der Waals surface area contributed by atoms with Crippen LogP contribution in [0.5, 0.6) is 11.5 Å². The molecule has 0 aliphatic carbocycles. The van der Waals surface area contributed by atoms with Gasteiger partial charge in [0.2, 0.25) is 5.91 Å². The molecule has 9 nitrogen and oxygen atoms in total. The third-order valence-corrected chi connectivity index (χ3v) is 3.63. The fraction of sp³-hybridized carbons (Fsp3) is 0.176. The lowest BCUT2D eigenvalue weighted by Gasteiger charge is -2.18. The number of non-ortho nitro benzene ring substituents is 1. The summed E-state index contributed by atoms with van der Waals surface area (Å²) in [5.74, 6) is 0.0832. The van der Waals surface area contributed by atoms with Gasteiger partial charge in [0.1, 0.15) is 13.2 Å². The maximum atomic E-state index is 12.1. The summed E-state index contributed by atoms with van der Waals surface area (Å²) in [6.07, 6.45) is -0.0284. The van der Waals surface area contributed by atoms with Crippen LogP contribution in [0.4, 0.5) is 5.69 Å². The lowest BCUT2D eigenvalue weighted by atomic mass is 10.1. The van der Waals surface area contributed by atoms with Crippen LogP contribution < -0.4 is 20.3 Å². The highest BCUT2D eigenvalue weighted by Crippen LogP contribution is 2.30. The molecule has 2 amide bonds. The Balaban J connectivity index is 1.54. The van der Waals surface area contributed by atoms with Gasteiger partial charge in [0, 0.05) is 17.7 Å². The maximum absolute atomic E-state index is 12.1. The van der Waals surface area contributed by atoms with Gasteiger partial charge in [-0.15, -0.1) is 0 Å². The van der Waals surface area contributed by atoms with Gasteiger partial charge >= 0.3 is 0 Å². The summed E-state index contributed by atoms with van der Waals surface area (Å²) in [6, 6.07) is 10.3. The molecule has 0 saturated carbocycles. The van der Waals surface area contributed by atoms with E-state index in [2.05, 4.69) is 10.9 Å². The molecule has 1 aliphatic rings. The number of hydrazine groups is 1. The van der Waals surface area contributed by atoms with Crippen LogP contribution in [0.15, 0.2) is 42.5 Å². The van der Waals surface area contributed by atoms with Crippen LogP contribution in [0.1, 0.15) is 15.9 Å². The molecular formula is C17H15N3O6. The fourth-order valence-electron chi connectivity index (χ4n) is 2.35. The summed E-state index contributed by atoms with van der Waals surface area (Å²) in [5.41, 5.74) is 5.46. The smallest absolute Gasteiger partial charge is 0.269 e. The van der Waals surface area contributed by atoms with Gasteiger partial charge in [0.25, 0.3) is 11.6 Å². The minimum atomic E-state index is -0.516. The van der Waals surface area contributed by atoms with Crippen molar-refractivity contribution in [3.8, 4) is 11.5 Å². The van der Waals surface area contributed by atoms with E-state index in [1.807, 2.05) is 0 Å². The first kappa shape index (κ1) is 17.2. The molecule has 0 spiro atoms. The number of ether oxygens (including phenoxy) is 2. The number of nitro groups is 1. The SMILES string of the molecule is O=C(Cc1ccc([N+](=O)[O-])cc1)NNC(=O)c1ccc2c(c1)OCCO2. The predicted molar refractivity (Wildman–Crippen MR) is 89.8 cm³/mol. The van der Waals surface area contributed by atoms with Crippen molar-refractivity contribution >= 4 is 17.5 Å². The van der Waals surface area contributed by atoms with E-state index in [4.69, 9.17) is 9.47 Å². The van der Waals surface area contributed by atoms with E-state index in [0.29, 0.717) is 35.8 Å². The molecule has 26 heavy (non-hydrogen) atoms. The Labute approximate surface area is 148 Å². The van der Waals surface area contributed by atoms with Gasteiger partial charge in [-0.25, -0.2) is 0 Å². The zero-order valence-corrected chi connectivity index (χ0v) is 13.6. The summed E-state index contributed by atoms with van der Waals surface area (Å²) in [7, 11) is 0. The Hall–Kier alpha value is -3.62. The molecular weight excluding hydrogens is 342 g/mol. The number of nitrogens with zero attached hydrogens (tertiary/aromatic N) is 1. The van der Waals surface area contributed by atoms with E-state index in [1.54, 1.807) is 12.1 Å². The molecule has 0 bridgehead atoms. The number of nitrogens with one attached hydrogen (secondary N) is 2. The van der Waals surface area contributed by atoms with Crippen LogP contribution >= 0.6 is 0 Å². The Morgan fingerprint density at radius 1 is 1.00 bits per heavy atom. The van der Waals surface area contributed by atoms with Gasteiger partial charge in [0.05, 0.1) is 11.3 Å². The molecule has 0 atom stereocenters. The summed E-state index contributed by atoms with van der Waals surface area (Å²) in [4.78, 5) is 34.1. The number of rotatable bonds is 4. The normalized spacial score (nSPS) is 12.2. The Kier molecular flexibility index (Phi) is 4.97. The van der Waals surface area contributed by atoms with Gasteiger partial charge < -0.3 is 9.47 Å². The highest BCUT2D eigenvalue weighted by Gasteiger charge is 2.15. The highest BCUT2D eigenvalue weighted by atomic mass is 16.6. The Morgan fingerprint density at radius 3 is 2.38 bits per heavy atom. The van der Waals surface area contributed by atoms with Crippen molar-refractivity contribution in [2.45, 2.75) is 6.42 Å². The van der Waals surface area contributed by atoms with Crippen molar-refractivity contribution in [1.82, 2.24) is 10.9 Å². The van der Waals surface area contributed by atoms with Crippen LogP contribution in [0.3, 0.4) is 0 Å². The number of nitro benzene ring substituents is 1. The van der Waals surface area contributed by atoms with Gasteiger partial charge in [-0.3, -0.25) is 30.6 Å². The Bertz CT molecular complexity index is 850. The molecule has 1 heterocycles. The molecule has 2 N–H and O–H groups in total. The third-order valence-electron chi connectivity index (χ3n) is 3.63. The molecule has 0 aromatic heterocycles. The van der Waals surface area contributed by atoms with Crippen LogP contribution in [0.2, 0.25) is 0 Å². The number of amides is 2. The van der Waals surface area contributed by atoms with Gasteiger partial charge in [-0.2, -0.15) is 0 Å². The van der Waals surface area contributed by atoms with Gasteiger partial charge in [-0.1, -0.05) is 12.1 Å². The minimum absolute atomic E-state index is 0.0284. The largest absolute Gasteiger partial charge is 0.486 e. The number of benzene rings is 2. The summed E-state index contributed by atoms with van der Waals surface area (Å²) < 4.78 is 10.8. The fourth-order valence-corrected chi connectivity index (χ4v) is 2.35. The minimum Gasteiger partial charge on any atom is -0.486 e. The molecule has 2 aromatic rings. The number of hydrogen-bond acceptors (Lipinski definition) is 6. The van der Waals surface area contributed by atoms with Crippen molar-refractivity contribution in [3.05, 3.63) is 63.7 Å². The van der Waals surface area contributed by atoms with Crippen LogP contribution in [0, 0.1) is 10.1 Å². The van der Waals surface area contributed by atoms with Crippen LogP contribution in [0.25, 0.3) is 0 Å². The molecule has 0 fully saturated rings. The second-order valence-electron chi connectivity index (χ2n) is 5.46. The van der Waals surface area contributed by atoms with Crippen molar-refractivity contribution in [2.24, 2.45) is 0 Å². The topological polar surface area (TPSA) is 120 Å². The van der Waals surface area contributed by atoms with Crippen molar-refractivity contribution in [2.75, 3.05) is 13.2 Å². The van der Waals surface area contributed by atoms with Crippen molar-refractivity contribution in [3.63, 3.8) is 0 Å². The molecule has 2 aromatic carbocycles. The van der Waals surface area contributed by atoms with E-state index in [1.165, 1.54) is 30.3 Å². The van der Waals surface area contributed by atoms with E-state index in [0.717, 1.165) is 0 Å². The second-order valence-corrected chi connectivity index (χ2v) is 5.46. The molecule has 1 aliphatic heterocycles. The maximum Gasteiger partial charge on any atom is 0.269 e. The number of fused-ring (bicyclic) bond motifs is 1. The first-order valence-corrected chi connectivity index (χ1v) is 7.75. The lowest BCUT2D eigenvalue weighted by molar-refractivity contribution is -0.384. The highest BCUT2D eigenvalue weighted by molar-refractivity contribution is 5.96. The van der Waals surface area contributed by atoms with E-state index in [9.17, 15) is 19.7 Å². The molecule has 134 valence electrons. The first-order valence-electron chi connectivity index (χ1n) is 7.75. The summed E-state index contributed by atoms with van der Waals surface area (Å²) >= 11 is 0. The van der Waals surface area contributed by atoms with Gasteiger partial charge in [0.15, 0.2) is 11.5 Å². The quantitative estimate of drug-likeness (QED) is 0.630. The monoisotopic (exact) mass is 357 g/mol. The number of hydrogen-bond donors (Lipinski definition) is 2. The van der Waals surface area contributed by atoms with Crippen molar-refractivity contribution in [1.29, 1.82) is 0 Å². The lowest BCUT2D eigenvalue weighted by Crippen LogP contribution is -2.42. The van der Waals surface area contributed by atoms with Crippen LogP contribution in [-0.2, 0) is 11.2 Å². The third kappa shape index (κ3) is 4.07. The standard InChI is InChI=1S/C17H15N3O6/c21-16(9-11-1-4-13(5-2-11)20(23)24)18-19-17(22)12-3-6-14-15(10-12)26-8-7-25-14/h1-6,10H,7-9H2,(H,18,21)(H,19,22). The zero-order valence-electron chi connectivity index (χ0n) is 13.6. The number of carbonyl (C=O) groups excluding carboxylic acids is 2. The van der Waals surface area contributed by atoms with E-state index < -0.39 is 16.7 Å². The average molecular weight is 357 g/mol. The van der Waals surface area contributed by atoms with Gasteiger partial charge in [-0.05, 0) is 23.8 Å². The summed E-state index contributed by atoms with van der Waals surface area (Å²) in [5, 5.41) is 10.6. The molecule has 9 heteroatoms. The van der Waals surface area contributed by atoms with Crippen molar-refractivity contribution < 1.29 is 24.0 Å². The van der Waals surface area contributed by atoms with Crippen LogP contribution in [-0.4, -0.2) is 30.0 Å². The predicted octanol–water partition coefficient (Wildman–Crippen LogP) is 1.37. The van der Waals surface area contributed by atoms with E-state index in [-0.39, 0.29) is 12.1 Å². The molecule has 0 radical (unpaired) electrons. The average Bonchev–Trinajstić information content (AvgIpc) is 2.66. The number of carbonyl (C=O) groups is 2.